The van der Waals surface area contributed by atoms with Crippen molar-refractivity contribution in [3.63, 3.8) is 0 Å². The van der Waals surface area contributed by atoms with Gasteiger partial charge in [-0.15, -0.1) is 0 Å². The Morgan fingerprint density at radius 1 is 1.24 bits per heavy atom. The molecule has 6 heteroatoms. The van der Waals surface area contributed by atoms with Crippen LogP contribution in [-0.4, -0.2) is 58.5 Å². The van der Waals surface area contributed by atoms with E-state index in [1.165, 1.54) is 16.8 Å². The van der Waals surface area contributed by atoms with Gasteiger partial charge in [-0.05, 0) is 45.9 Å². The first-order valence-corrected chi connectivity index (χ1v) is 10.5. The molecule has 0 radical (unpaired) electrons. The Bertz CT molecular complexity index is 868. The summed E-state index contributed by atoms with van der Waals surface area (Å²) in [7, 11) is 2.13. The van der Waals surface area contributed by atoms with Gasteiger partial charge in [0, 0.05) is 56.0 Å². The zero-order chi connectivity index (χ0) is 20.4. The molecule has 0 bridgehead atoms. The molecule has 6 nitrogen and oxygen atoms in total. The Hall–Kier alpha value is -2.47. The molecule has 1 aromatic heterocycles. The maximum Gasteiger partial charge on any atom is 0.263 e. The highest BCUT2D eigenvalue weighted by Crippen LogP contribution is 2.27. The fourth-order valence-electron chi connectivity index (χ4n) is 4.19. The van der Waals surface area contributed by atoms with E-state index in [0.29, 0.717) is 6.54 Å². The van der Waals surface area contributed by atoms with Gasteiger partial charge in [0.1, 0.15) is 11.6 Å². The summed E-state index contributed by atoms with van der Waals surface area (Å²) in [5.74, 6) is 1.85. The Balaban J connectivity index is 1.41. The van der Waals surface area contributed by atoms with Gasteiger partial charge in [-0.3, -0.25) is 4.79 Å². The maximum absolute atomic E-state index is 13.0. The molecule has 2 atom stereocenters. The molecule has 2 aliphatic rings. The first-order valence-electron chi connectivity index (χ1n) is 10.5. The standard InChI is InChI=1S/C23H30N4O2/c1-16-6-8-20(9-7-16)29-17(2)23(28)27-11-4-5-18(15-27)22-24-13-19-14-26(3)12-10-21(19)25-22/h6-9,13,17-18H,4-5,10-12,14-15H2,1-3H3/t17-,18+/m0/s1. The van der Waals surface area contributed by atoms with E-state index in [-0.39, 0.29) is 11.8 Å². The topological polar surface area (TPSA) is 58.6 Å². The number of amides is 1. The first-order chi connectivity index (χ1) is 14.0. The Morgan fingerprint density at radius 2 is 2.03 bits per heavy atom. The lowest BCUT2D eigenvalue weighted by atomic mass is 9.96. The number of likely N-dealkylation sites (N-methyl/N-ethyl adjacent to an activating group) is 1. The van der Waals surface area contributed by atoms with E-state index in [4.69, 9.17) is 9.72 Å². The molecule has 2 aliphatic heterocycles. The Morgan fingerprint density at radius 3 is 2.83 bits per heavy atom. The number of carbonyl (C=O) groups is 1. The van der Waals surface area contributed by atoms with Crippen LogP contribution in [0.25, 0.3) is 0 Å². The fraction of sp³-hybridized carbons (Fsp3) is 0.522. The summed E-state index contributed by atoms with van der Waals surface area (Å²) in [6.07, 6.45) is 4.44. The van der Waals surface area contributed by atoms with Crippen molar-refractivity contribution < 1.29 is 9.53 Å². The summed E-state index contributed by atoms with van der Waals surface area (Å²) >= 11 is 0. The van der Waals surface area contributed by atoms with E-state index in [1.54, 1.807) is 0 Å². The molecule has 0 saturated carbocycles. The molecule has 1 amide bonds. The summed E-state index contributed by atoms with van der Waals surface area (Å²) in [5, 5.41) is 0. The van der Waals surface area contributed by atoms with Crippen LogP contribution in [0.1, 0.15) is 48.3 Å². The van der Waals surface area contributed by atoms with Gasteiger partial charge in [0.2, 0.25) is 0 Å². The number of hydrogen-bond acceptors (Lipinski definition) is 5. The quantitative estimate of drug-likeness (QED) is 0.798. The highest BCUT2D eigenvalue weighted by molar-refractivity contribution is 5.81. The number of fused-ring (bicyclic) bond motifs is 1. The molecule has 2 aromatic rings. The molecule has 0 aliphatic carbocycles. The van der Waals surface area contributed by atoms with Gasteiger partial charge in [-0.1, -0.05) is 17.7 Å². The summed E-state index contributed by atoms with van der Waals surface area (Å²) in [6.45, 7) is 7.25. The molecule has 29 heavy (non-hydrogen) atoms. The van der Waals surface area contributed by atoms with Crippen molar-refractivity contribution >= 4 is 5.91 Å². The molecule has 1 aromatic carbocycles. The minimum absolute atomic E-state index is 0.0369. The number of ether oxygens (including phenoxy) is 1. The number of carbonyl (C=O) groups excluding carboxylic acids is 1. The molecule has 3 heterocycles. The SMILES string of the molecule is Cc1ccc(O[C@@H](C)C(=O)N2CCC[C@@H](c3ncc4c(n3)CCN(C)C4)C2)cc1. The van der Waals surface area contributed by atoms with Crippen molar-refractivity contribution in [3.8, 4) is 5.75 Å². The number of benzene rings is 1. The average molecular weight is 395 g/mol. The molecule has 4 rings (SSSR count). The second kappa shape index (κ2) is 8.49. The van der Waals surface area contributed by atoms with Gasteiger partial charge < -0.3 is 14.5 Å². The normalized spacial score (nSPS) is 20.8. The van der Waals surface area contributed by atoms with E-state index < -0.39 is 6.10 Å². The molecule has 0 unspecified atom stereocenters. The number of aryl methyl sites for hydroxylation is 1. The number of piperidine rings is 1. The van der Waals surface area contributed by atoms with Crippen LogP contribution in [0.5, 0.6) is 5.75 Å². The number of hydrogen-bond donors (Lipinski definition) is 0. The van der Waals surface area contributed by atoms with Crippen LogP contribution in [-0.2, 0) is 17.8 Å². The van der Waals surface area contributed by atoms with Gasteiger partial charge in [-0.25, -0.2) is 9.97 Å². The lowest BCUT2D eigenvalue weighted by Gasteiger charge is -2.34. The number of rotatable bonds is 4. The highest BCUT2D eigenvalue weighted by Gasteiger charge is 2.30. The predicted molar refractivity (Wildman–Crippen MR) is 112 cm³/mol. The van der Waals surface area contributed by atoms with Crippen LogP contribution in [0.4, 0.5) is 0 Å². The third kappa shape index (κ3) is 4.58. The van der Waals surface area contributed by atoms with E-state index in [0.717, 1.165) is 50.5 Å². The van der Waals surface area contributed by atoms with Crippen LogP contribution in [0.3, 0.4) is 0 Å². The zero-order valence-corrected chi connectivity index (χ0v) is 17.6. The molecule has 1 fully saturated rings. The average Bonchev–Trinajstić information content (AvgIpc) is 2.74. The minimum atomic E-state index is -0.503. The van der Waals surface area contributed by atoms with Crippen molar-refractivity contribution in [2.75, 3.05) is 26.7 Å². The van der Waals surface area contributed by atoms with Crippen molar-refractivity contribution in [3.05, 3.63) is 53.1 Å². The summed E-state index contributed by atoms with van der Waals surface area (Å²) in [5.41, 5.74) is 3.57. The van der Waals surface area contributed by atoms with Crippen LogP contribution in [0.15, 0.2) is 30.5 Å². The van der Waals surface area contributed by atoms with Crippen molar-refractivity contribution in [2.45, 2.75) is 51.7 Å². The Kier molecular flexibility index (Phi) is 5.81. The minimum Gasteiger partial charge on any atom is -0.481 e. The van der Waals surface area contributed by atoms with Crippen LogP contribution in [0, 0.1) is 6.92 Å². The first kappa shape index (κ1) is 19.8. The molecule has 0 N–H and O–H groups in total. The zero-order valence-electron chi connectivity index (χ0n) is 17.6. The number of aromatic nitrogens is 2. The molecule has 0 spiro atoms. The fourth-order valence-corrected chi connectivity index (χ4v) is 4.19. The van der Waals surface area contributed by atoms with E-state index in [1.807, 2.05) is 49.2 Å². The molecule has 154 valence electrons. The van der Waals surface area contributed by atoms with Gasteiger partial charge in [0.25, 0.3) is 5.91 Å². The highest BCUT2D eigenvalue weighted by atomic mass is 16.5. The van der Waals surface area contributed by atoms with Crippen molar-refractivity contribution in [1.82, 2.24) is 19.8 Å². The third-order valence-corrected chi connectivity index (χ3v) is 5.92. The monoisotopic (exact) mass is 394 g/mol. The molecular weight excluding hydrogens is 364 g/mol. The van der Waals surface area contributed by atoms with E-state index >= 15 is 0 Å². The maximum atomic E-state index is 13.0. The van der Waals surface area contributed by atoms with Gasteiger partial charge >= 0.3 is 0 Å². The summed E-state index contributed by atoms with van der Waals surface area (Å²) in [4.78, 5) is 26.7. The van der Waals surface area contributed by atoms with E-state index in [2.05, 4.69) is 16.9 Å². The molecule has 1 saturated heterocycles. The lowest BCUT2D eigenvalue weighted by Crippen LogP contribution is -2.45. The van der Waals surface area contributed by atoms with Gasteiger partial charge in [-0.2, -0.15) is 0 Å². The van der Waals surface area contributed by atoms with Crippen LogP contribution in [0.2, 0.25) is 0 Å². The number of nitrogens with zero attached hydrogens (tertiary/aromatic N) is 4. The Labute approximate surface area is 172 Å². The summed E-state index contributed by atoms with van der Waals surface area (Å²) < 4.78 is 5.88. The lowest BCUT2D eigenvalue weighted by molar-refractivity contribution is -0.139. The van der Waals surface area contributed by atoms with Gasteiger partial charge in [0.15, 0.2) is 6.10 Å². The van der Waals surface area contributed by atoms with Crippen LogP contribution >= 0.6 is 0 Å². The van der Waals surface area contributed by atoms with Crippen molar-refractivity contribution in [1.29, 1.82) is 0 Å². The number of likely N-dealkylation sites (tertiary alicyclic amines) is 1. The largest absolute Gasteiger partial charge is 0.481 e. The predicted octanol–water partition coefficient (Wildman–Crippen LogP) is 2.95. The summed E-state index contributed by atoms with van der Waals surface area (Å²) in [6, 6.07) is 7.82. The smallest absolute Gasteiger partial charge is 0.263 e. The second-order valence-corrected chi connectivity index (χ2v) is 8.38. The third-order valence-electron chi connectivity index (χ3n) is 5.92. The van der Waals surface area contributed by atoms with Crippen molar-refractivity contribution in [2.24, 2.45) is 0 Å². The van der Waals surface area contributed by atoms with Crippen LogP contribution < -0.4 is 4.74 Å². The molecular formula is C23H30N4O2. The van der Waals surface area contributed by atoms with E-state index in [9.17, 15) is 4.79 Å². The van der Waals surface area contributed by atoms with Gasteiger partial charge in [0.05, 0.1) is 0 Å². The second-order valence-electron chi connectivity index (χ2n) is 8.38.